The molecule has 0 N–H and O–H groups in total. The number of rotatable bonds is 3. The molecule has 1 atom stereocenters. The van der Waals surface area contributed by atoms with Crippen molar-refractivity contribution in [1.29, 1.82) is 0 Å². The van der Waals surface area contributed by atoms with Crippen LogP contribution in [0.25, 0.3) is 0 Å². The SMILES string of the molecule is CCCOC(=O)[C@@H]1CCCCN1[O-]. The van der Waals surface area contributed by atoms with Crippen molar-refractivity contribution in [2.45, 2.75) is 38.6 Å². The smallest absolute Gasteiger partial charge is 0.322 e. The molecular formula is C9H16NO3-. The van der Waals surface area contributed by atoms with Crippen LogP contribution < -0.4 is 0 Å². The summed E-state index contributed by atoms with van der Waals surface area (Å²) in [6.45, 7) is 2.82. The molecule has 1 heterocycles. The summed E-state index contributed by atoms with van der Waals surface area (Å²) in [6.07, 6.45) is 3.29. The molecular weight excluding hydrogens is 170 g/mol. The Balaban J connectivity index is 2.35. The maximum absolute atomic E-state index is 11.3. The van der Waals surface area contributed by atoms with Gasteiger partial charge in [-0.05, 0) is 25.8 Å². The molecule has 0 spiro atoms. The lowest BCUT2D eigenvalue weighted by Crippen LogP contribution is -2.41. The second-order valence-corrected chi connectivity index (χ2v) is 3.32. The van der Waals surface area contributed by atoms with Crippen LogP contribution in [-0.4, -0.2) is 30.2 Å². The van der Waals surface area contributed by atoms with E-state index in [1.807, 2.05) is 6.92 Å². The number of esters is 1. The fraction of sp³-hybridized carbons (Fsp3) is 0.889. The largest absolute Gasteiger partial charge is 0.785 e. The summed E-state index contributed by atoms with van der Waals surface area (Å²) in [4.78, 5) is 11.3. The van der Waals surface area contributed by atoms with Crippen LogP contribution in [0.15, 0.2) is 0 Å². The number of ether oxygens (including phenoxy) is 1. The summed E-state index contributed by atoms with van der Waals surface area (Å²) in [5, 5.41) is 12.1. The summed E-state index contributed by atoms with van der Waals surface area (Å²) >= 11 is 0. The van der Waals surface area contributed by atoms with Crippen molar-refractivity contribution in [3.05, 3.63) is 5.21 Å². The minimum absolute atomic E-state index is 0.350. The number of piperidine rings is 1. The summed E-state index contributed by atoms with van der Waals surface area (Å²) in [7, 11) is 0. The molecule has 76 valence electrons. The van der Waals surface area contributed by atoms with Gasteiger partial charge < -0.3 is 15.0 Å². The van der Waals surface area contributed by atoms with Gasteiger partial charge in [0, 0.05) is 0 Å². The van der Waals surface area contributed by atoms with Gasteiger partial charge in [-0.15, -0.1) is 0 Å². The predicted molar refractivity (Wildman–Crippen MR) is 49.0 cm³/mol. The van der Waals surface area contributed by atoms with Crippen molar-refractivity contribution in [3.8, 4) is 0 Å². The third kappa shape index (κ3) is 2.97. The van der Waals surface area contributed by atoms with E-state index < -0.39 is 6.04 Å². The van der Waals surface area contributed by atoms with Gasteiger partial charge in [-0.1, -0.05) is 13.3 Å². The molecule has 0 aromatic heterocycles. The number of carbonyl (C=O) groups is 1. The number of hydrogen-bond donors (Lipinski definition) is 0. The third-order valence-corrected chi connectivity index (χ3v) is 2.17. The van der Waals surface area contributed by atoms with Gasteiger partial charge in [-0.25, -0.2) is 0 Å². The van der Waals surface area contributed by atoms with Gasteiger partial charge in [0.2, 0.25) is 0 Å². The van der Waals surface area contributed by atoms with E-state index in [4.69, 9.17) is 4.74 Å². The highest BCUT2D eigenvalue weighted by atomic mass is 16.6. The Morgan fingerprint density at radius 2 is 2.38 bits per heavy atom. The minimum Gasteiger partial charge on any atom is -0.785 e. The van der Waals surface area contributed by atoms with Gasteiger partial charge in [0.1, 0.15) is 0 Å². The van der Waals surface area contributed by atoms with Crippen LogP contribution in [0.3, 0.4) is 0 Å². The van der Waals surface area contributed by atoms with E-state index in [1.54, 1.807) is 0 Å². The zero-order valence-electron chi connectivity index (χ0n) is 7.99. The normalized spacial score (nSPS) is 24.3. The highest BCUT2D eigenvalue weighted by Gasteiger charge is 2.23. The molecule has 0 aliphatic carbocycles. The zero-order chi connectivity index (χ0) is 9.68. The highest BCUT2D eigenvalue weighted by molar-refractivity contribution is 5.75. The van der Waals surface area contributed by atoms with E-state index >= 15 is 0 Å². The monoisotopic (exact) mass is 186 g/mol. The summed E-state index contributed by atoms with van der Waals surface area (Å²) in [5.41, 5.74) is 0. The quantitative estimate of drug-likeness (QED) is 0.623. The molecule has 1 fully saturated rings. The van der Waals surface area contributed by atoms with Gasteiger partial charge in [-0.2, -0.15) is 0 Å². The Morgan fingerprint density at radius 3 is 3.00 bits per heavy atom. The summed E-state index contributed by atoms with van der Waals surface area (Å²) < 4.78 is 4.92. The van der Waals surface area contributed by atoms with Gasteiger partial charge in [0.05, 0.1) is 12.6 Å². The predicted octanol–water partition coefficient (Wildman–Crippen LogP) is 1.29. The Labute approximate surface area is 78.4 Å². The van der Waals surface area contributed by atoms with Gasteiger partial charge in [0.25, 0.3) is 0 Å². The molecule has 1 aliphatic rings. The molecule has 4 heteroatoms. The topological polar surface area (TPSA) is 52.6 Å². The van der Waals surface area contributed by atoms with Crippen molar-refractivity contribution in [2.75, 3.05) is 13.2 Å². The van der Waals surface area contributed by atoms with Crippen LogP contribution in [0, 0.1) is 5.21 Å². The first-order chi connectivity index (χ1) is 6.25. The Kier molecular flexibility index (Phi) is 4.18. The minimum atomic E-state index is -0.541. The maximum atomic E-state index is 11.3. The van der Waals surface area contributed by atoms with Crippen molar-refractivity contribution < 1.29 is 9.53 Å². The van der Waals surface area contributed by atoms with Crippen LogP contribution >= 0.6 is 0 Å². The number of nitrogens with zero attached hydrogens (tertiary/aromatic N) is 1. The fourth-order valence-corrected chi connectivity index (χ4v) is 1.44. The van der Waals surface area contributed by atoms with Gasteiger partial charge in [-0.3, -0.25) is 4.79 Å². The van der Waals surface area contributed by atoms with E-state index in [2.05, 4.69) is 0 Å². The lowest BCUT2D eigenvalue weighted by atomic mass is 10.1. The van der Waals surface area contributed by atoms with E-state index in [0.29, 0.717) is 19.6 Å². The molecule has 4 nitrogen and oxygen atoms in total. The molecule has 0 unspecified atom stereocenters. The van der Waals surface area contributed by atoms with Gasteiger partial charge in [0.15, 0.2) is 0 Å². The first kappa shape index (κ1) is 10.5. The van der Waals surface area contributed by atoms with Crippen molar-refractivity contribution in [2.24, 2.45) is 0 Å². The maximum Gasteiger partial charge on any atom is 0.322 e. The molecule has 13 heavy (non-hydrogen) atoms. The first-order valence-electron chi connectivity index (χ1n) is 4.86. The summed E-state index contributed by atoms with van der Waals surface area (Å²) in [5.74, 6) is -0.350. The summed E-state index contributed by atoms with van der Waals surface area (Å²) in [6, 6.07) is -0.541. The molecule has 0 bridgehead atoms. The van der Waals surface area contributed by atoms with Crippen LogP contribution in [-0.2, 0) is 9.53 Å². The van der Waals surface area contributed by atoms with Crippen molar-refractivity contribution >= 4 is 5.97 Å². The molecule has 1 saturated heterocycles. The number of hydroxylamine groups is 2. The van der Waals surface area contributed by atoms with Crippen molar-refractivity contribution in [1.82, 2.24) is 5.06 Å². The van der Waals surface area contributed by atoms with E-state index in [-0.39, 0.29) is 5.97 Å². The Bertz CT molecular complexity index is 172. The molecule has 1 rings (SSSR count). The molecule has 1 aliphatic heterocycles. The fourth-order valence-electron chi connectivity index (χ4n) is 1.44. The van der Waals surface area contributed by atoms with Crippen LogP contribution in [0.1, 0.15) is 32.6 Å². The zero-order valence-corrected chi connectivity index (χ0v) is 7.99. The molecule has 0 saturated carbocycles. The van der Waals surface area contributed by atoms with Crippen LogP contribution in [0.5, 0.6) is 0 Å². The van der Waals surface area contributed by atoms with Crippen LogP contribution in [0.4, 0.5) is 0 Å². The van der Waals surface area contributed by atoms with E-state index in [0.717, 1.165) is 24.3 Å². The third-order valence-electron chi connectivity index (χ3n) is 2.17. The Morgan fingerprint density at radius 1 is 1.62 bits per heavy atom. The Hall–Kier alpha value is -0.610. The standard InChI is InChI=1S/C9H16NO3/c1-2-7-13-9(11)8-5-3-4-6-10(8)12/h8H,2-7H2,1H3/q-1/t8-/m0/s1. The molecule has 0 radical (unpaired) electrons. The second-order valence-electron chi connectivity index (χ2n) is 3.32. The van der Waals surface area contributed by atoms with E-state index in [9.17, 15) is 10.0 Å². The average Bonchev–Trinajstić information content (AvgIpc) is 2.15. The van der Waals surface area contributed by atoms with Gasteiger partial charge >= 0.3 is 5.97 Å². The highest BCUT2D eigenvalue weighted by Crippen LogP contribution is 2.16. The first-order valence-corrected chi connectivity index (χ1v) is 4.86. The van der Waals surface area contributed by atoms with Crippen molar-refractivity contribution in [3.63, 3.8) is 0 Å². The molecule has 0 aromatic carbocycles. The van der Waals surface area contributed by atoms with Crippen LogP contribution in [0.2, 0.25) is 0 Å². The lowest BCUT2D eigenvalue weighted by molar-refractivity contribution is -0.150. The number of carbonyl (C=O) groups excluding carboxylic acids is 1. The lowest BCUT2D eigenvalue weighted by Gasteiger charge is -2.38. The number of hydrogen-bond acceptors (Lipinski definition) is 4. The van der Waals surface area contributed by atoms with E-state index in [1.165, 1.54) is 0 Å². The average molecular weight is 186 g/mol. The molecule has 0 aromatic rings. The molecule has 0 amide bonds. The second kappa shape index (κ2) is 5.19.